The van der Waals surface area contributed by atoms with Gasteiger partial charge in [-0.15, -0.1) is 0 Å². The van der Waals surface area contributed by atoms with E-state index < -0.39 is 79.1 Å². The maximum absolute atomic E-state index is 13.3. The lowest BCUT2D eigenvalue weighted by Crippen LogP contribution is -2.54. The molecule has 1 atom stereocenters. The second kappa shape index (κ2) is 7.11. The lowest BCUT2D eigenvalue weighted by atomic mass is 10.1. The van der Waals surface area contributed by atoms with Crippen LogP contribution in [0.3, 0.4) is 0 Å². The summed E-state index contributed by atoms with van der Waals surface area (Å²) in [5.74, 6) is -3.42. The van der Waals surface area contributed by atoms with E-state index in [4.69, 9.17) is 16.4 Å². The van der Waals surface area contributed by atoms with Crippen molar-refractivity contribution in [1.82, 2.24) is 10.2 Å². The summed E-state index contributed by atoms with van der Waals surface area (Å²) in [5.41, 5.74) is -2.61. The summed E-state index contributed by atoms with van der Waals surface area (Å²) in [6, 6.07) is -1.68. The molecule has 24 heavy (non-hydrogen) atoms. The van der Waals surface area contributed by atoms with Crippen molar-refractivity contribution in [3.05, 3.63) is 29.8 Å². The Labute approximate surface area is 155 Å². The molecule has 0 saturated carbocycles. The SMILES string of the molecule is [2H]c1ccc(N2C([2H])([2H])C([2H])([2H])N(C(=O)[C@H](C)NC(=O)C([2H])([2H])[2H])C([2H])([2H])C2([2H])[2H])cc1C(F)(F)F. The molecular weight excluding hydrogens is 323 g/mol. The number of nitrogens with zero attached hydrogens (tertiary/aromatic N) is 2. The van der Waals surface area contributed by atoms with E-state index in [1.165, 1.54) is 0 Å². The van der Waals surface area contributed by atoms with E-state index in [2.05, 4.69) is 0 Å². The molecule has 0 aromatic heterocycles. The summed E-state index contributed by atoms with van der Waals surface area (Å²) in [7, 11) is 0. The van der Waals surface area contributed by atoms with E-state index in [1.54, 1.807) is 5.32 Å². The number of carbonyl (C=O) groups is 2. The summed E-state index contributed by atoms with van der Waals surface area (Å²) < 4.78 is 134. The van der Waals surface area contributed by atoms with Gasteiger partial charge in [0.05, 0.1) is 17.9 Å². The van der Waals surface area contributed by atoms with Crippen molar-refractivity contribution >= 4 is 17.5 Å². The number of carbonyl (C=O) groups excluding carboxylic acids is 2. The van der Waals surface area contributed by atoms with Gasteiger partial charge in [0.25, 0.3) is 0 Å². The van der Waals surface area contributed by atoms with Crippen molar-refractivity contribution in [3.63, 3.8) is 0 Å². The second-order valence-electron chi connectivity index (χ2n) is 4.61. The molecule has 0 radical (unpaired) electrons. The normalized spacial score (nSPS) is 33.0. The van der Waals surface area contributed by atoms with Crippen molar-refractivity contribution in [2.75, 3.05) is 30.9 Å². The number of amides is 2. The lowest BCUT2D eigenvalue weighted by Gasteiger charge is -2.37. The Kier molecular flexibility index (Phi) is 2.30. The molecule has 0 spiro atoms. The fourth-order valence-corrected chi connectivity index (χ4v) is 1.70. The van der Waals surface area contributed by atoms with E-state index in [0.717, 1.165) is 6.92 Å². The van der Waals surface area contributed by atoms with Crippen LogP contribution < -0.4 is 10.2 Å². The minimum atomic E-state index is -5.14. The smallest absolute Gasteiger partial charge is 0.368 e. The van der Waals surface area contributed by atoms with Crippen LogP contribution in [-0.4, -0.2) is 48.7 Å². The quantitative estimate of drug-likeness (QED) is 0.901. The van der Waals surface area contributed by atoms with E-state index in [-0.39, 0.29) is 11.0 Å². The zero-order valence-corrected chi connectivity index (χ0v) is 12.2. The lowest BCUT2D eigenvalue weighted by molar-refractivity contribution is -0.137. The van der Waals surface area contributed by atoms with Crippen LogP contribution in [0, 0.1) is 0 Å². The number of hydrogen-bond donors (Lipinski definition) is 1. The molecule has 1 fully saturated rings. The Morgan fingerprint density at radius 2 is 2.04 bits per heavy atom. The van der Waals surface area contributed by atoms with Crippen LogP contribution in [0.25, 0.3) is 0 Å². The molecule has 2 rings (SSSR count). The highest BCUT2D eigenvalue weighted by Crippen LogP contribution is 2.31. The Hall–Kier alpha value is -2.25. The largest absolute Gasteiger partial charge is 0.416 e. The number of anilines is 1. The van der Waals surface area contributed by atoms with Crippen LogP contribution in [0.1, 0.15) is 35.8 Å². The van der Waals surface area contributed by atoms with Gasteiger partial charge in [0, 0.05) is 42.6 Å². The fraction of sp³-hybridized carbons (Fsp3) is 0.500. The predicted octanol–water partition coefficient (Wildman–Crippen LogP) is 1.88. The van der Waals surface area contributed by atoms with Gasteiger partial charge in [-0.25, -0.2) is 0 Å². The van der Waals surface area contributed by atoms with Gasteiger partial charge in [-0.1, -0.05) is 6.07 Å². The minimum absolute atomic E-state index is 0.154. The molecule has 1 aromatic rings. The third kappa shape index (κ3) is 4.39. The minimum Gasteiger partial charge on any atom is -0.368 e. The monoisotopic (exact) mass is 355 g/mol. The standard InChI is InChI=1S/C16H20F3N3O2/c1-11(20-12(2)23)15(24)22-8-6-21(7-9-22)14-5-3-4-13(10-14)16(17,18)19/h3-5,10-11H,6-9H2,1-2H3,(H,20,23)/t11-/m0/s1/i2D3,4D,6D2,7D2,8D2,9D2. The van der Waals surface area contributed by atoms with Crippen molar-refractivity contribution in [2.45, 2.75) is 26.0 Å². The second-order valence-corrected chi connectivity index (χ2v) is 4.61. The summed E-state index contributed by atoms with van der Waals surface area (Å²) >= 11 is 0. The molecule has 8 heteroatoms. The molecular formula is C16H20F3N3O2. The van der Waals surface area contributed by atoms with Gasteiger partial charge in [0.2, 0.25) is 11.8 Å². The highest BCUT2D eigenvalue weighted by Gasteiger charge is 2.31. The topological polar surface area (TPSA) is 52.6 Å². The summed E-state index contributed by atoms with van der Waals surface area (Å²) in [6.07, 6.45) is -5.14. The zero-order chi connectivity index (χ0) is 28.4. The summed E-state index contributed by atoms with van der Waals surface area (Å²) in [6.45, 7) is -17.5. The van der Waals surface area contributed by atoms with Gasteiger partial charge < -0.3 is 15.1 Å². The fourth-order valence-electron chi connectivity index (χ4n) is 1.70. The van der Waals surface area contributed by atoms with E-state index in [9.17, 15) is 22.8 Å². The van der Waals surface area contributed by atoms with E-state index >= 15 is 0 Å². The van der Waals surface area contributed by atoms with Crippen LogP contribution in [0.15, 0.2) is 24.2 Å². The molecule has 0 unspecified atom stereocenters. The first-order valence-corrected chi connectivity index (χ1v) is 6.46. The first-order valence-electron chi connectivity index (χ1n) is 12.5. The van der Waals surface area contributed by atoms with Crippen molar-refractivity contribution in [2.24, 2.45) is 0 Å². The van der Waals surface area contributed by atoms with E-state index in [0.29, 0.717) is 12.1 Å². The number of piperazine rings is 1. The molecule has 132 valence electrons. The molecule has 2 amide bonds. The summed E-state index contributed by atoms with van der Waals surface area (Å²) in [5, 5.41) is 1.69. The van der Waals surface area contributed by atoms with Gasteiger partial charge in [-0.05, 0) is 25.1 Å². The third-order valence-corrected chi connectivity index (χ3v) is 2.83. The highest BCUT2D eigenvalue weighted by molar-refractivity contribution is 5.86. The van der Waals surface area contributed by atoms with Crippen molar-refractivity contribution < 1.29 is 39.2 Å². The number of benzene rings is 1. The van der Waals surface area contributed by atoms with Gasteiger partial charge in [0.15, 0.2) is 0 Å². The molecule has 1 heterocycles. The number of rotatable bonds is 3. The molecule has 1 aliphatic heterocycles. The maximum atomic E-state index is 13.3. The van der Waals surface area contributed by atoms with Gasteiger partial charge >= 0.3 is 6.18 Å². The highest BCUT2D eigenvalue weighted by atomic mass is 19.4. The molecule has 1 aromatic carbocycles. The predicted molar refractivity (Wildman–Crippen MR) is 83.5 cm³/mol. The number of alkyl halides is 3. The van der Waals surface area contributed by atoms with Crippen LogP contribution >= 0.6 is 0 Å². The van der Waals surface area contributed by atoms with Crippen LogP contribution in [0.4, 0.5) is 18.9 Å². The Balaban J connectivity index is 2.69. The number of halogens is 3. The maximum Gasteiger partial charge on any atom is 0.416 e. The van der Waals surface area contributed by atoms with Crippen molar-refractivity contribution in [3.8, 4) is 0 Å². The van der Waals surface area contributed by atoms with E-state index in [1.807, 2.05) is 0 Å². The molecule has 5 nitrogen and oxygen atoms in total. The van der Waals surface area contributed by atoms with Crippen molar-refractivity contribution in [1.29, 1.82) is 0 Å². The van der Waals surface area contributed by atoms with Gasteiger partial charge in [0.1, 0.15) is 6.04 Å². The number of nitrogens with one attached hydrogen (secondary N) is 1. The zero-order valence-electron chi connectivity index (χ0n) is 24.2. The van der Waals surface area contributed by atoms with Crippen LogP contribution in [0.5, 0.6) is 0 Å². The third-order valence-electron chi connectivity index (χ3n) is 2.83. The number of hydrogen-bond acceptors (Lipinski definition) is 3. The summed E-state index contributed by atoms with van der Waals surface area (Å²) in [4.78, 5) is 24.0. The Bertz CT molecular complexity index is 1030. The molecule has 1 aliphatic rings. The molecule has 0 aliphatic carbocycles. The molecule has 1 saturated heterocycles. The average molecular weight is 355 g/mol. The van der Waals surface area contributed by atoms with Gasteiger partial charge in [-0.2, -0.15) is 13.2 Å². The Morgan fingerprint density at radius 1 is 1.38 bits per heavy atom. The average Bonchev–Trinajstić information content (AvgIpc) is 2.65. The van der Waals surface area contributed by atoms with Crippen LogP contribution in [-0.2, 0) is 15.8 Å². The molecule has 1 N–H and O–H groups in total. The first-order chi connectivity index (χ1) is 15.8. The Morgan fingerprint density at radius 3 is 2.62 bits per heavy atom. The first kappa shape index (κ1) is 7.76. The van der Waals surface area contributed by atoms with Crippen LogP contribution in [0.2, 0.25) is 0 Å². The van der Waals surface area contributed by atoms with Gasteiger partial charge in [-0.3, -0.25) is 9.59 Å². The molecule has 0 bridgehead atoms.